The van der Waals surface area contributed by atoms with Gasteiger partial charge >= 0.3 is 0 Å². The summed E-state index contributed by atoms with van der Waals surface area (Å²) >= 11 is 0. The number of hydrogen-bond acceptors (Lipinski definition) is 3. The van der Waals surface area contributed by atoms with Gasteiger partial charge in [-0.2, -0.15) is 0 Å². The van der Waals surface area contributed by atoms with Crippen LogP contribution in [0.4, 0.5) is 0 Å². The number of methoxy groups -OCH3 is 1. The predicted octanol–water partition coefficient (Wildman–Crippen LogP) is 2.84. The molecule has 1 aromatic carbocycles. The van der Waals surface area contributed by atoms with Crippen LogP contribution in [0.2, 0.25) is 0 Å². The molecule has 116 valence electrons. The molecule has 0 saturated heterocycles. The highest BCUT2D eigenvalue weighted by molar-refractivity contribution is 5.87. The number of benzene rings is 1. The van der Waals surface area contributed by atoms with Gasteiger partial charge in [-0.1, -0.05) is 39.0 Å². The average Bonchev–Trinajstić information content (AvgIpc) is 2.43. The van der Waals surface area contributed by atoms with Crippen molar-refractivity contribution in [2.75, 3.05) is 7.11 Å². The van der Waals surface area contributed by atoms with E-state index in [1.807, 2.05) is 26.8 Å². The van der Waals surface area contributed by atoms with E-state index in [9.17, 15) is 9.90 Å². The minimum absolute atomic E-state index is 0.0465. The van der Waals surface area contributed by atoms with Crippen LogP contribution in [0.1, 0.15) is 39.4 Å². The second-order valence-corrected chi connectivity index (χ2v) is 6.21. The fourth-order valence-electron chi connectivity index (χ4n) is 1.77. The van der Waals surface area contributed by atoms with Gasteiger partial charge in [0.2, 0.25) is 5.91 Å². The quantitative estimate of drug-likeness (QED) is 0.820. The normalized spacial score (nSPS) is 14.8. The number of carbonyl (C=O) groups is 1. The zero-order chi connectivity index (χ0) is 16.0. The van der Waals surface area contributed by atoms with Crippen LogP contribution < -0.4 is 10.1 Å². The lowest BCUT2D eigenvalue weighted by Crippen LogP contribution is -2.36. The molecule has 2 unspecified atom stereocenters. The third-order valence-corrected chi connectivity index (χ3v) is 3.04. The van der Waals surface area contributed by atoms with Crippen molar-refractivity contribution in [1.82, 2.24) is 5.32 Å². The van der Waals surface area contributed by atoms with Crippen LogP contribution in [0.25, 0.3) is 0 Å². The molecule has 1 aromatic rings. The standard InChI is InChI=1S/C17H25NO3/c1-12(18-15(19)10-11-17(2,3)4)16(20)13-6-8-14(21-5)9-7-13/h6-12,16,20H,1-5H3,(H,18,19)/b11-10+. The zero-order valence-corrected chi connectivity index (χ0v) is 13.4. The molecule has 0 aliphatic heterocycles. The number of aliphatic hydroxyl groups excluding tert-OH is 1. The third kappa shape index (κ3) is 6.00. The lowest BCUT2D eigenvalue weighted by Gasteiger charge is -2.20. The van der Waals surface area contributed by atoms with Crippen LogP contribution in [-0.2, 0) is 4.79 Å². The highest BCUT2D eigenvalue weighted by Gasteiger charge is 2.18. The zero-order valence-electron chi connectivity index (χ0n) is 13.4. The molecule has 0 heterocycles. The van der Waals surface area contributed by atoms with Gasteiger partial charge in [0.25, 0.3) is 0 Å². The Morgan fingerprint density at radius 1 is 1.29 bits per heavy atom. The van der Waals surface area contributed by atoms with Crippen molar-refractivity contribution in [3.05, 3.63) is 42.0 Å². The van der Waals surface area contributed by atoms with E-state index in [4.69, 9.17) is 4.74 Å². The van der Waals surface area contributed by atoms with E-state index in [2.05, 4.69) is 5.32 Å². The van der Waals surface area contributed by atoms with Crippen LogP contribution >= 0.6 is 0 Å². The molecule has 0 spiro atoms. The van der Waals surface area contributed by atoms with Crippen molar-refractivity contribution >= 4 is 5.91 Å². The molecule has 0 saturated carbocycles. The van der Waals surface area contributed by atoms with E-state index >= 15 is 0 Å². The monoisotopic (exact) mass is 291 g/mol. The molecule has 2 atom stereocenters. The summed E-state index contributed by atoms with van der Waals surface area (Å²) in [6.45, 7) is 7.84. The lowest BCUT2D eigenvalue weighted by molar-refractivity contribution is -0.117. The Balaban J connectivity index is 2.63. The van der Waals surface area contributed by atoms with Crippen molar-refractivity contribution in [3.8, 4) is 5.75 Å². The van der Waals surface area contributed by atoms with Crippen LogP contribution in [0.3, 0.4) is 0 Å². The summed E-state index contributed by atoms with van der Waals surface area (Å²) in [6.07, 6.45) is 2.59. The molecule has 1 rings (SSSR count). The summed E-state index contributed by atoms with van der Waals surface area (Å²) in [6, 6.07) is 6.77. The van der Waals surface area contributed by atoms with Crippen LogP contribution in [-0.4, -0.2) is 24.2 Å². The Kier molecular flexibility index (Phi) is 5.97. The molecule has 0 fully saturated rings. The predicted molar refractivity (Wildman–Crippen MR) is 84.2 cm³/mol. The highest BCUT2D eigenvalue weighted by atomic mass is 16.5. The summed E-state index contributed by atoms with van der Waals surface area (Å²) in [5, 5.41) is 13.0. The number of amides is 1. The molecule has 4 nitrogen and oxygen atoms in total. The maximum Gasteiger partial charge on any atom is 0.243 e. The first-order valence-corrected chi connectivity index (χ1v) is 7.04. The van der Waals surface area contributed by atoms with E-state index in [1.54, 1.807) is 38.3 Å². The summed E-state index contributed by atoms with van der Waals surface area (Å²) in [4.78, 5) is 11.8. The molecular weight excluding hydrogens is 266 g/mol. The number of aliphatic hydroxyl groups is 1. The van der Waals surface area contributed by atoms with Crippen molar-refractivity contribution in [2.45, 2.75) is 39.8 Å². The van der Waals surface area contributed by atoms with Gasteiger partial charge in [0.15, 0.2) is 0 Å². The second kappa shape index (κ2) is 7.27. The van der Waals surface area contributed by atoms with Crippen LogP contribution in [0.5, 0.6) is 5.75 Å². The Morgan fingerprint density at radius 3 is 2.33 bits per heavy atom. The smallest absolute Gasteiger partial charge is 0.243 e. The maximum absolute atomic E-state index is 11.8. The molecular formula is C17H25NO3. The number of hydrogen-bond donors (Lipinski definition) is 2. The minimum atomic E-state index is -0.761. The minimum Gasteiger partial charge on any atom is -0.497 e. The Bertz CT molecular complexity index is 486. The molecule has 0 radical (unpaired) electrons. The van der Waals surface area contributed by atoms with Crippen molar-refractivity contribution in [1.29, 1.82) is 0 Å². The molecule has 0 aliphatic carbocycles. The summed E-state index contributed by atoms with van der Waals surface area (Å²) < 4.78 is 5.08. The summed E-state index contributed by atoms with van der Waals surface area (Å²) in [5.41, 5.74) is 0.693. The van der Waals surface area contributed by atoms with Crippen LogP contribution in [0.15, 0.2) is 36.4 Å². The first-order valence-electron chi connectivity index (χ1n) is 7.04. The SMILES string of the molecule is COc1ccc(C(O)C(C)NC(=O)/C=C/C(C)(C)C)cc1. The summed E-state index contributed by atoms with van der Waals surface area (Å²) in [7, 11) is 1.59. The lowest BCUT2D eigenvalue weighted by atomic mass is 9.96. The average molecular weight is 291 g/mol. The highest BCUT2D eigenvalue weighted by Crippen LogP contribution is 2.20. The Morgan fingerprint density at radius 2 is 1.86 bits per heavy atom. The van der Waals surface area contributed by atoms with Gasteiger partial charge in [0, 0.05) is 0 Å². The third-order valence-electron chi connectivity index (χ3n) is 3.04. The van der Waals surface area contributed by atoms with Gasteiger partial charge in [-0.05, 0) is 36.1 Å². The van der Waals surface area contributed by atoms with E-state index in [1.165, 1.54) is 6.08 Å². The fraction of sp³-hybridized carbons (Fsp3) is 0.471. The fourth-order valence-corrected chi connectivity index (χ4v) is 1.77. The number of carbonyl (C=O) groups excluding carboxylic acids is 1. The van der Waals surface area contributed by atoms with Gasteiger partial charge in [-0.15, -0.1) is 0 Å². The van der Waals surface area contributed by atoms with Crippen molar-refractivity contribution in [3.63, 3.8) is 0 Å². The molecule has 2 N–H and O–H groups in total. The Labute approximate surface area is 126 Å². The van der Waals surface area contributed by atoms with Gasteiger partial charge in [-0.25, -0.2) is 0 Å². The first kappa shape index (κ1) is 17.2. The van der Waals surface area contributed by atoms with Gasteiger partial charge < -0.3 is 15.2 Å². The van der Waals surface area contributed by atoms with Crippen molar-refractivity contribution in [2.24, 2.45) is 5.41 Å². The van der Waals surface area contributed by atoms with E-state index in [0.29, 0.717) is 0 Å². The molecule has 1 amide bonds. The van der Waals surface area contributed by atoms with Gasteiger partial charge in [0.1, 0.15) is 5.75 Å². The molecule has 0 aromatic heterocycles. The largest absolute Gasteiger partial charge is 0.497 e. The van der Waals surface area contributed by atoms with Gasteiger partial charge in [-0.3, -0.25) is 4.79 Å². The maximum atomic E-state index is 11.8. The number of allylic oxidation sites excluding steroid dienone is 1. The van der Waals surface area contributed by atoms with Crippen molar-refractivity contribution < 1.29 is 14.6 Å². The molecule has 0 bridgehead atoms. The molecule has 0 aliphatic rings. The van der Waals surface area contributed by atoms with E-state index in [0.717, 1.165) is 11.3 Å². The van der Waals surface area contributed by atoms with E-state index in [-0.39, 0.29) is 17.4 Å². The Hall–Kier alpha value is -1.81. The second-order valence-electron chi connectivity index (χ2n) is 6.21. The molecule has 4 heteroatoms. The molecule has 21 heavy (non-hydrogen) atoms. The number of ether oxygens (including phenoxy) is 1. The van der Waals surface area contributed by atoms with Crippen LogP contribution in [0, 0.1) is 5.41 Å². The number of rotatable bonds is 5. The van der Waals surface area contributed by atoms with E-state index < -0.39 is 6.10 Å². The summed E-state index contributed by atoms with van der Waals surface area (Å²) in [5.74, 6) is 0.528. The first-order chi connectivity index (χ1) is 9.73. The van der Waals surface area contributed by atoms with Gasteiger partial charge in [0.05, 0.1) is 19.3 Å². The number of nitrogens with one attached hydrogen (secondary N) is 1. The topological polar surface area (TPSA) is 58.6 Å².